The van der Waals surface area contributed by atoms with Crippen molar-refractivity contribution in [3.63, 3.8) is 0 Å². The lowest BCUT2D eigenvalue weighted by Crippen LogP contribution is -2.25. The number of aryl methyl sites for hydroxylation is 1. The van der Waals surface area contributed by atoms with Crippen LogP contribution in [0.1, 0.15) is 16.0 Å². The van der Waals surface area contributed by atoms with Crippen molar-refractivity contribution >= 4 is 17.3 Å². The summed E-state index contributed by atoms with van der Waals surface area (Å²) < 4.78 is 5.82. The number of anilines is 1. The van der Waals surface area contributed by atoms with E-state index in [1.165, 1.54) is 4.88 Å². The van der Waals surface area contributed by atoms with E-state index < -0.39 is 0 Å². The van der Waals surface area contributed by atoms with Crippen LogP contribution in [0.4, 0.5) is 5.95 Å². The van der Waals surface area contributed by atoms with Crippen LogP contribution < -0.4 is 10.5 Å². The average molecular weight is 368 g/mol. The molecule has 0 radical (unpaired) electrons. The summed E-state index contributed by atoms with van der Waals surface area (Å²) in [5.74, 6) is 1.05. The Morgan fingerprint density at radius 1 is 1.27 bits per heavy atom. The molecule has 3 heterocycles. The molecule has 6 nitrogen and oxygen atoms in total. The molecule has 0 bridgehead atoms. The van der Waals surface area contributed by atoms with Crippen LogP contribution in [0, 0.1) is 6.92 Å². The first-order chi connectivity index (χ1) is 12.6. The first kappa shape index (κ1) is 16.8. The minimum absolute atomic E-state index is 0.196. The lowest BCUT2D eigenvalue weighted by atomic mass is 10.1. The minimum atomic E-state index is 0.196. The highest BCUT2D eigenvalue weighted by atomic mass is 32.1. The predicted molar refractivity (Wildman–Crippen MR) is 102 cm³/mol. The lowest BCUT2D eigenvalue weighted by Gasteiger charge is -2.19. The number of aromatic hydroxyl groups is 1. The monoisotopic (exact) mass is 368 g/mol. The molecule has 0 atom stereocenters. The van der Waals surface area contributed by atoms with Gasteiger partial charge in [-0.1, -0.05) is 0 Å². The van der Waals surface area contributed by atoms with Gasteiger partial charge in [-0.3, -0.25) is 4.90 Å². The number of thiophene rings is 1. The van der Waals surface area contributed by atoms with E-state index in [1.54, 1.807) is 29.8 Å². The van der Waals surface area contributed by atoms with Crippen LogP contribution in [-0.4, -0.2) is 33.1 Å². The number of benzene rings is 1. The van der Waals surface area contributed by atoms with E-state index in [0.29, 0.717) is 25.4 Å². The molecular formula is C19H20N4O2S. The second-order valence-corrected chi connectivity index (χ2v) is 7.69. The Balaban J connectivity index is 1.62. The van der Waals surface area contributed by atoms with Gasteiger partial charge in [0, 0.05) is 52.9 Å². The molecule has 3 N–H and O–H groups in total. The van der Waals surface area contributed by atoms with Crippen LogP contribution in [-0.2, 0) is 13.1 Å². The molecule has 1 aliphatic rings. The Kier molecular flexibility index (Phi) is 4.48. The number of nitrogens with two attached hydrogens (primary N) is 1. The van der Waals surface area contributed by atoms with Gasteiger partial charge in [0.25, 0.3) is 0 Å². The predicted octanol–water partition coefficient (Wildman–Crippen LogP) is 3.20. The Morgan fingerprint density at radius 3 is 2.81 bits per heavy atom. The van der Waals surface area contributed by atoms with Crippen LogP contribution >= 0.6 is 11.3 Å². The Labute approximate surface area is 155 Å². The van der Waals surface area contributed by atoms with Gasteiger partial charge in [-0.2, -0.15) is 0 Å². The smallest absolute Gasteiger partial charge is 0.219 e. The van der Waals surface area contributed by atoms with Crippen LogP contribution in [0.3, 0.4) is 0 Å². The topological polar surface area (TPSA) is 84.5 Å². The van der Waals surface area contributed by atoms with Crippen LogP contribution in [0.25, 0.3) is 10.4 Å². The van der Waals surface area contributed by atoms with Crippen LogP contribution in [0.2, 0.25) is 0 Å². The number of fused-ring (bicyclic) bond motifs is 1. The van der Waals surface area contributed by atoms with E-state index in [4.69, 9.17) is 10.5 Å². The van der Waals surface area contributed by atoms with Gasteiger partial charge in [0.2, 0.25) is 5.95 Å². The number of rotatable bonds is 3. The Bertz CT molecular complexity index is 924. The van der Waals surface area contributed by atoms with Crippen molar-refractivity contribution in [1.29, 1.82) is 0 Å². The van der Waals surface area contributed by atoms with Crippen molar-refractivity contribution in [2.75, 3.05) is 18.9 Å². The third-order valence-electron chi connectivity index (χ3n) is 4.35. The zero-order chi connectivity index (χ0) is 18.1. The van der Waals surface area contributed by atoms with Gasteiger partial charge in [0.05, 0.1) is 0 Å². The molecule has 0 amide bonds. The molecule has 0 spiro atoms. The van der Waals surface area contributed by atoms with E-state index >= 15 is 0 Å². The maximum absolute atomic E-state index is 10.5. The third kappa shape index (κ3) is 3.49. The highest BCUT2D eigenvalue weighted by Gasteiger charge is 2.20. The minimum Gasteiger partial charge on any atom is -0.504 e. The van der Waals surface area contributed by atoms with Gasteiger partial charge in [-0.25, -0.2) is 9.97 Å². The zero-order valence-corrected chi connectivity index (χ0v) is 15.3. The largest absolute Gasteiger partial charge is 0.504 e. The lowest BCUT2D eigenvalue weighted by molar-refractivity contribution is 0.217. The summed E-state index contributed by atoms with van der Waals surface area (Å²) in [6.45, 7) is 4.74. The summed E-state index contributed by atoms with van der Waals surface area (Å²) in [7, 11) is 0. The number of hydrogen-bond acceptors (Lipinski definition) is 7. The first-order valence-electron chi connectivity index (χ1n) is 8.43. The zero-order valence-electron chi connectivity index (χ0n) is 14.5. The Morgan fingerprint density at radius 2 is 2.08 bits per heavy atom. The van der Waals surface area contributed by atoms with Crippen molar-refractivity contribution in [2.24, 2.45) is 0 Å². The molecule has 134 valence electrons. The van der Waals surface area contributed by atoms with Crippen molar-refractivity contribution in [3.8, 4) is 21.9 Å². The van der Waals surface area contributed by atoms with Crippen molar-refractivity contribution in [2.45, 2.75) is 20.0 Å². The summed E-state index contributed by atoms with van der Waals surface area (Å²) in [4.78, 5) is 12.7. The number of hydrogen-bond donors (Lipinski definition) is 2. The van der Waals surface area contributed by atoms with E-state index in [1.807, 2.05) is 0 Å². The summed E-state index contributed by atoms with van der Waals surface area (Å²) in [6, 6.07) is 8.07. The van der Waals surface area contributed by atoms with Crippen molar-refractivity contribution in [1.82, 2.24) is 14.9 Å². The van der Waals surface area contributed by atoms with Gasteiger partial charge >= 0.3 is 0 Å². The third-order valence-corrected chi connectivity index (χ3v) is 5.40. The van der Waals surface area contributed by atoms with Gasteiger partial charge in [-0.05, 0) is 36.8 Å². The number of nitrogen functional groups attached to an aromatic ring is 1. The molecular weight excluding hydrogens is 348 g/mol. The molecule has 26 heavy (non-hydrogen) atoms. The highest BCUT2D eigenvalue weighted by Crippen LogP contribution is 2.39. The Hall–Kier alpha value is -2.64. The molecule has 2 aromatic heterocycles. The van der Waals surface area contributed by atoms with Gasteiger partial charge < -0.3 is 15.6 Å². The number of phenols is 1. The van der Waals surface area contributed by atoms with Crippen LogP contribution in [0.5, 0.6) is 11.5 Å². The second kappa shape index (κ2) is 6.93. The summed E-state index contributed by atoms with van der Waals surface area (Å²) in [5, 5.41) is 10.5. The van der Waals surface area contributed by atoms with Crippen molar-refractivity contribution < 1.29 is 9.84 Å². The maximum atomic E-state index is 10.5. The average Bonchev–Trinajstić information content (AvgIpc) is 2.94. The molecule has 0 fully saturated rings. The molecule has 1 aliphatic heterocycles. The summed E-state index contributed by atoms with van der Waals surface area (Å²) in [6.07, 6.45) is 3.49. The number of aromatic nitrogens is 2. The molecule has 0 aliphatic carbocycles. The molecule has 4 rings (SSSR count). The number of phenolic OH excluding ortho intramolecular Hbond substituents is 1. The van der Waals surface area contributed by atoms with E-state index in [0.717, 1.165) is 28.1 Å². The normalized spacial score (nSPS) is 14.5. The van der Waals surface area contributed by atoms with Gasteiger partial charge in [0.15, 0.2) is 11.5 Å². The van der Waals surface area contributed by atoms with Crippen molar-refractivity contribution in [3.05, 3.63) is 52.7 Å². The van der Waals surface area contributed by atoms with E-state index in [2.05, 4.69) is 40.0 Å². The maximum Gasteiger partial charge on any atom is 0.219 e. The van der Waals surface area contributed by atoms with E-state index in [-0.39, 0.29) is 11.7 Å². The van der Waals surface area contributed by atoms with Crippen LogP contribution in [0.15, 0.2) is 36.7 Å². The number of nitrogens with zero attached hydrogens (tertiary/aromatic N) is 3. The fourth-order valence-electron chi connectivity index (χ4n) is 3.12. The van der Waals surface area contributed by atoms with E-state index in [9.17, 15) is 5.11 Å². The molecule has 1 aromatic carbocycles. The molecule has 7 heteroatoms. The molecule has 0 saturated heterocycles. The molecule has 0 unspecified atom stereocenters. The fraction of sp³-hybridized carbons (Fsp3) is 0.263. The summed E-state index contributed by atoms with van der Waals surface area (Å²) >= 11 is 1.72. The molecule has 3 aromatic rings. The van der Waals surface area contributed by atoms with Gasteiger partial charge in [-0.15, -0.1) is 11.3 Å². The quantitative estimate of drug-likeness (QED) is 0.739. The second-order valence-electron chi connectivity index (χ2n) is 6.40. The van der Waals surface area contributed by atoms with Gasteiger partial charge in [0.1, 0.15) is 6.61 Å². The summed E-state index contributed by atoms with van der Waals surface area (Å²) in [5.41, 5.74) is 8.55. The SMILES string of the molecule is Cc1ccc(-c2cc(O)c3c(c2)CN(Cc2cnc(N)nc2)CCO3)s1. The first-order valence-corrected chi connectivity index (χ1v) is 9.24. The fourth-order valence-corrected chi connectivity index (χ4v) is 3.98. The molecule has 0 saturated carbocycles. The number of ether oxygens (including phenoxy) is 1. The highest BCUT2D eigenvalue weighted by molar-refractivity contribution is 7.15. The standard InChI is InChI=1S/C19H20N4O2S/c1-12-2-3-17(26-12)14-6-15-11-23(4-5-25-18(15)16(24)7-14)10-13-8-21-19(20)22-9-13/h2-3,6-9,24H,4-5,10-11H2,1H3,(H2,20,21,22).